The van der Waals surface area contributed by atoms with Crippen molar-refractivity contribution in [3.8, 4) is 5.75 Å². The zero-order chi connectivity index (χ0) is 12.4. The van der Waals surface area contributed by atoms with Gasteiger partial charge in [-0.3, -0.25) is 4.79 Å². The van der Waals surface area contributed by atoms with E-state index >= 15 is 0 Å². The summed E-state index contributed by atoms with van der Waals surface area (Å²) < 4.78 is 6.62. The van der Waals surface area contributed by atoms with Gasteiger partial charge >= 0.3 is 5.97 Å². The number of carboxylic acids is 1. The Morgan fingerprint density at radius 1 is 1.59 bits per heavy atom. The molecule has 0 radical (unpaired) electrons. The fourth-order valence-electron chi connectivity index (χ4n) is 1.51. The highest BCUT2D eigenvalue weighted by atomic mass is 79.9. The van der Waals surface area contributed by atoms with Crippen molar-refractivity contribution in [2.45, 2.75) is 31.4 Å². The lowest BCUT2D eigenvalue weighted by Crippen LogP contribution is -2.32. The Morgan fingerprint density at radius 3 is 2.88 bits per heavy atom. The van der Waals surface area contributed by atoms with E-state index in [4.69, 9.17) is 15.6 Å². The Labute approximate surface area is 108 Å². The average molecular weight is 300 g/mol. The molecule has 1 aliphatic rings. The molecule has 1 aromatic rings. The molecule has 4 nitrogen and oxygen atoms in total. The van der Waals surface area contributed by atoms with Crippen molar-refractivity contribution in [2.75, 3.05) is 0 Å². The number of ether oxygens (including phenoxy) is 1. The molecule has 0 aliphatic heterocycles. The Bertz CT molecular complexity index is 432. The summed E-state index contributed by atoms with van der Waals surface area (Å²) >= 11 is 3.36. The first-order chi connectivity index (χ1) is 8.06. The maximum Gasteiger partial charge on any atom is 0.320 e. The summed E-state index contributed by atoms with van der Waals surface area (Å²) in [4.78, 5) is 10.8. The van der Waals surface area contributed by atoms with Gasteiger partial charge in [-0.1, -0.05) is 15.9 Å². The van der Waals surface area contributed by atoms with Crippen LogP contribution in [-0.4, -0.2) is 23.2 Å². The number of benzene rings is 1. The van der Waals surface area contributed by atoms with Crippen LogP contribution >= 0.6 is 15.9 Å². The minimum absolute atomic E-state index is 0.275. The topological polar surface area (TPSA) is 72.5 Å². The molecule has 0 aromatic heterocycles. The van der Waals surface area contributed by atoms with Gasteiger partial charge in [-0.25, -0.2) is 0 Å². The Morgan fingerprint density at radius 2 is 2.29 bits per heavy atom. The molecule has 0 heterocycles. The van der Waals surface area contributed by atoms with Crippen LogP contribution in [0.2, 0.25) is 0 Å². The molecule has 0 saturated heterocycles. The lowest BCUT2D eigenvalue weighted by molar-refractivity contribution is -0.138. The third kappa shape index (κ3) is 3.44. The van der Waals surface area contributed by atoms with Crippen LogP contribution in [0.4, 0.5) is 0 Å². The first-order valence-corrected chi connectivity index (χ1v) is 6.29. The van der Waals surface area contributed by atoms with Gasteiger partial charge in [0.25, 0.3) is 0 Å². The molecule has 0 spiro atoms. The number of hydrogen-bond donors (Lipinski definition) is 2. The molecule has 0 amide bonds. The minimum Gasteiger partial charge on any atom is -0.490 e. The van der Waals surface area contributed by atoms with Crippen LogP contribution in [0, 0.1) is 0 Å². The summed E-state index contributed by atoms with van der Waals surface area (Å²) in [6, 6.07) is 4.70. The smallest absolute Gasteiger partial charge is 0.320 e. The summed E-state index contributed by atoms with van der Waals surface area (Å²) in [6.45, 7) is 0. The van der Waals surface area contributed by atoms with Gasteiger partial charge in [0.2, 0.25) is 0 Å². The van der Waals surface area contributed by atoms with Crippen LogP contribution in [-0.2, 0) is 11.2 Å². The maximum absolute atomic E-state index is 10.8. The van der Waals surface area contributed by atoms with Crippen LogP contribution in [0.1, 0.15) is 18.4 Å². The lowest BCUT2D eigenvalue weighted by atomic mass is 10.1. The molecular formula is C12H14BrNO3. The Kier molecular flexibility index (Phi) is 3.69. The molecule has 3 N–H and O–H groups in total. The second kappa shape index (κ2) is 5.06. The summed E-state index contributed by atoms with van der Waals surface area (Å²) in [5, 5.41) is 8.82. The second-order valence-corrected chi connectivity index (χ2v) is 5.13. The van der Waals surface area contributed by atoms with Gasteiger partial charge in [0.15, 0.2) is 0 Å². The molecule has 2 rings (SSSR count). The summed E-state index contributed by atoms with van der Waals surface area (Å²) in [7, 11) is 0. The zero-order valence-electron chi connectivity index (χ0n) is 9.23. The highest BCUT2D eigenvalue weighted by Gasteiger charge is 2.25. The average Bonchev–Trinajstić information content (AvgIpc) is 3.05. The van der Waals surface area contributed by atoms with E-state index in [2.05, 4.69) is 15.9 Å². The Balaban J connectivity index is 2.16. The fourth-order valence-corrected chi connectivity index (χ4v) is 1.92. The van der Waals surface area contributed by atoms with Crippen molar-refractivity contribution in [3.05, 3.63) is 28.2 Å². The van der Waals surface area contributed by atoms with E-state index in [-0.39, 0.29) is 12.5 Å². The van der Waals surface area contributed by atoms with Gasteiger partial charge in [0.05, 0.1) is 6.10 Å². The minimum atomic E-state index is -0.998. The number of carbonyl (C=O) groups is 1. The van der Waals surface area contributed by atoms with E-state index in [1.165, 1.54) is 0 Å². The van der Waals surface area contributed by atoms with Crippen molar-refractivity contribution >= 4 is 21.9 Å². The number of hydrogen-bond acceptors (Lipinski definition) is 3. The zero-order valence-corrected chi connectivity index (χ0v) is 10.8. The first-order valence-electron chi connectivity index (χ1n) is 5.49. The van der Waals surface area contributed by atoms with E-state index in [1.54, 1.807) is 0 Å². The number of aliphatic carboxylic acids is 1. The largest absolute Gasteiger partial charge is 0.490 e. The van der Waals surface area contributed by atoms with Crippen LogP contribution < -0.4 is 10.5 Å². The quantitative estimate of drug-likeness (QED) is 0.871. The van der Waals surface area contributed by atoms with E-state index in [0.717, 1.165) is 28.6 Å². The molecule has 1 unspecified atom stereocenters. The molecule has 1 atom stereocenters. The molecular weight excluding hydrogens is 286 g/mol. The van der Waals surface area contributed by atoms with Gasteiger partial charge in [0.1, 0.15) is 11.8 Å². The summed E-state index contributed by atoms with van der Waals surface area (Å²) in [5.41, 5.74) is 6.38. The van der Waals surface area contributed by atoms with Gasteiger partial charge < -0.3 is 15.6 Å². The summed E-state index contributed by atoms with van der Waals surface area (Å²) in [6.07, 6.45) is 2.70. The van der Waals surface area contributed by atoms with Crippen LogP contribution in [0.3, 0.4) is 0 Å². The molecule has 5 heteroatoms. The Hall–Kier alpha value is -1.07. The molecule has 0 bridgehead atoms. The van der Waals surface area contributed by atoms with Crippen molar-refractivity contribution in [1.82, 2.24) is 0 Å². The number of halogens is 1. The van der Waals surface area contributed by atoms with Crippen molar-refractivity contribution in [3.63, 3.8) is 0 Å². The predicted octanol–water partition coefficient (Wildman–Crippen LogP) is 1.94. The van der Waals surface area contributed by atoms with Crippen LogP contribution in [0.25, 0.3) is 0 Å². The third-order valence-corrected chi connectivity index (χ3v) is 3.09. The molecule has 1 aromatic carbocycles. The van der Waals surface area contributed by atoms with Gasteiger partial charge in [-0.15, -0.1) is 0 Å². The maximum atomic E-state index is 10.8. The van der Waals surface area contributed by atoms with Crippen LogP contribution in [0.5, 0.6) is 5.75 Å². The van der Waals surface area contributed by atoms with Gasteiger partial charge in [0, 0.05) is 10.9 Å². The highest BCUT2D eigenvalue weighted by molar-refractivity contribution is 9.10. The van der Waals surface area contributed by atoms with Crippen molar-refractivity contribution in [1.29, 1.82) is 0 Å². The van der Waals surface area contributed by atoms with E-state index in [0.29, 0.717) is 0 Å². The van der Waals surface area contributed by atoms with Gasteiger partial charge in [-0.2, -0.15) is 0 Å². The highest BCUT2D eigenvalue weighted by Crippen LogP contribution is 2.31. The monoisotopic (exact) mass is 299 g/mol. The lowest BCUT2D eigenvalue weighted by Gasteiger charge is -2.13. The normalized spacial score (nSPS) is 16.6. The fraction of sp³-hybridized carbons (Fsp3) is 0.417. The molecule has 1 aliphatic carbocycles. The standard InChI is InChI=1S/C12H14BrNO3/c13-8-1-4-11(17-9-2-3-9)7(5-8)6-10(14)12(15)16/h1,4-5,9-10H,2-3,6,14H2,(H,15,16). The molecule has 1 saturated carbocycles. The predicted molar refractivity (Wildman–Crippen MR) is 67.1 cm³/mol. The van der Waals surface area contributed by atoms with Crippen LogP contribution in [0.15, 0.2) is 22.7 Å². The number of nitrogens with two attached hydrogens (primary N) is 1. The van der Waals surface area contributed by atoms with E-state index in [1.807, 2.05) is 18.2 Å². The van der Waals surface area contributed by atoms with Gasteiger partial charge in [-0.05, 0) is 36.6 Å². The molecule has 17 heavy (non-hydrogen) atoms. The number of carboxylic acid groups (broad SMARTS) is 1. The van der Waals surface area contributed by atoms with E-state index < -0.39 is 12.0 Å². The SMILES string of the molecule is NC(Cc1cc(Br)ccc1OC1CC1)C(=O)O. The molecule has 92 valence electrons. The first kappa shape index (κ1) is 12.4. The third-order valence-electron chi connectivity index (χ3n) is 2.60. The van der Waals surface area contributed by atoms with Crippen molar-refractivity contribution < 1.29 is 14.6 Å². The molecule has 1 fully saturated rings. The number of rotatable bonds is 5. The second-order valence-electron chi connectivity index (χ2n) is 4.22. The van der Waals surface area contributed by atoms with E-state index in [9.17, 15) is 4.79 Å². The van der Waals surface area contributed by atoms with Crippen molar-refractivity contribution in [2.24, 2.45) is 5.73 Å². The summed E-state index contributed by atoms with van der Waals surface area (Å²) in [5.74, 6) is -0.255.